The monoisotopic (exact) mass is 236 g/mol. The largest absolute Gasteiger partial charge is 0.396 e. The maximum atomic E-state index is 12.0. The summed E-state index contributed by atoms with van der Waals surface area (Å²) < 4.78 is 23.0. The molecular formula is C10H20O4S. The Balaban J connectivity index is 3.06. The predicted molar refractivity (Wildman–Crippen MR) is 58.3 cm³/mol. The maximum Gasteiger partial charge on any atom is 0.158 e. The SMILES string of the molecule is CCS(=O)(=O)[C@]1(CO)C[C@H](CO)C[C@H]1C. The van der Waals surface area contributed by atoms with Gasteiger partial charge in [-0.05, 0) is 24.7 Å². The van der Waals surface area contributed by atoms with Gasteiger partial charge in [-0.15, -0.1) is 0 Å². The summed E-state index contributed by atoms with van der Waals surface area (Å²) in [5.74, 6) is -0.0196. The van der Waals surface area contributed by atoms with Crippen LogP contribution < -0.4 is 0 Å². The van der Waals surface area contributed by atoms with Gasteiger partial charge in [0.2, 0.25) is 0 Å². The van der Waals surface area contributed by atoms with E-state index in [-0.39, 0.29) is 30.8 Å². The van der Waals surface area contributed by atoms with Crippen molar-refractivity contribution in [3.05, 3.63) is 0 Å². The average Bonchev–Trinajstić information content (AvgIpc) is 2.56. The van der Waals surface area contributed by atoms with Crippen LogP contribution in [0.1, 0.15) is 26.7 Å². The van der Waals surface area contributed by atoms with Gasteiger partial charge in [-0.1, -0.05) is 13.8 Å². The van der Waals surface area contributed by atoms with Crippen LogP contribution in [0.15, 0.2) is 0 Å². The standard InChI is InChI=1S/C10H20O4S/c1-3-15(13,14)10(7-12)5-9(6-11)4-8(10)2/h8-9,11-12H,3-7H2,1-2H3/t8-,9-,10+/m1/s1. The van der Waals surface area contributed by atoms with Crippen molar-refractivity contribution in [2.45, 2.75) is 31.4 Å². The van der Waals surface area contributed by atoms with E-state index in [4.69, 9.17) is 5.11 Å². The molecule has 15 heavy (non-hydrogen) atoms. The van der Waals surface area contributed by atoms with E-state index in [2.05, 4.69) is 0 Å². The minimum Gasteiger partial charge on any atom is -0.396 e. The van der Waals surface area contributed by atoms with Crippen LogP contribution >= 0.6 is 0 Å². The zero-order valence-electron chi connectivity index (χ0n) is 9.31. The summed E-state index contributed by atoms with van der Waals surface area (Å²) in [5, 5.41) is 18.5. The van der Waals surface area contributed by atoms with Crippen LogP contribution in [-0.4, -0.2) is 42.3 Å². The summed E-state index contributed by atoms with van der Waals surface area (Å²) in [5.41, 5.74) is 0. The van der Waals surface area contributed by atoms with Crippen molar-refractivity contribution >= 4 is 9.84 Å². The van der Waals surface area contributed by atoms with Gasteiger partial charge >= 0.3 is 0 Å². The fourth-order valence-corrected chi connectivity index (χ4v) is 4.64. The molecule has 0 aromatic rings. The molecule has 5 heteroatoms. The topological polar surface area (TPSA) is 74.6 Å². The van der Waals surface area contributed by atoms with E-state index in [0.717, 1.165) is 0 Å². The first kappa shape index (κ1) is 12.9. The fraction of sp³-hybridized carbons (Fsp3) is 1.00. The smallest absolute Gasteiger partial charge is 0.158 e. The van der Waals surface area contributed by atoms with Crippen molar-refractivity contribution in [3.8, 4) is 0 Å². The molecule has 1 saturated carbocycles. The van der Waals surface area contributed by atoms with Crippen molar-refractivity contribution in [1.29, 1.82) is 0 Å². The molecule has 0 bridgehead atoms. The molecular weight excluding hydrogens is 216 g/mol. The zero-order valence-corrected chi connectivity index (χ0v) is 10.1. The first-order valence-electron chi connectivity index (χ1n) is 5.37. The Morgan fingerprint density at radius 1 is 1.40 bits per heavy atom. The van der Waals surface area contributed by atoms with Gasteiger partial charge in [0, 0.05) is 12.4 Å². The normalized spacial score (nSPS) is 37.1. The molecule has 0 aliphatic heterocycles. The molecule has 1 aliphatic rings. The molecule has 0 aromatic heterocycles. The van der Waals surface area contributed by atoms with E-state index >= 15 is 0 Å². The van der Waals surface area contributed by atoms with Gasteiger partial charge in [-0.25, -0.2) is 8.42 Å². The van der Waals surface area contributed by atoms with E-state index in [1.807, 2.05) is 6.92 Å². The third kappa shape index (κ3) is 1.92. The number of aliphatic hydroxyl groups excluding tert-OH is 2. The van der Waals surface area contributed by atoms with E-state index in [0.29, 0.717) is 12.8 Å². The summed E-state index contributed by atoms with van der Waals surface area (Å²) in [4.78, 5) is 0. The second kappa shape index (κ2) is 4.39. The number of hydrogen-bond donors (Lipinski definition) is 2. The molecule has 0 amide bonds. The van der Waals surface area contributed by atoms with Crippen LogP contribution in [-0.2, 0) is 9.84 Å². The van der Waals surface area contributed by atoms with Gasteiger partial charge in [0.1, 0.15) is 0 Å². The van der Waals surface area contributed by atoms with Crippen LogP contribution in [0.5, 0.6) is 0 Å². The molecule has 3 atom stereocenters. The number of aliphatic hydroxyl groups is 2. The van der Waals surface area contributed by atoms with E-state index < -0.39 is 14.6 Å². The quantitative estimate of drug-likeness (QED) is 0.731. The molecule has 0 radical (unpaired) electrons. The molecule has 0 saturated heterocycles. The van der Waals surface area contributed by atoms with Crippen molar-refractivity contribution in [3.63, 3.8) is 0 Å². The second-order valence-corrected chi connectivity index (χ2v) is 7.14. The zero-order chi connectivity index (χ0) is 11.7. The Labute approximate surface area is 91.2 Å². The maximum absolute atomic E-state index is 12.0. The van der Waals surface area contributed by atoms with E-state index in [1.54, 1.807) is 6.92 Å². The van der Waals surface area contributed by atoms with Crippen molar-refractivity contribution in [2.75, 3.05) is 19.0 Å². The van der Waals surface area contributed by atoms with Crippen LogP contribution in [0.2, 0.25) is 0 Å². The van der Waals surface area contributed by atoms with E-state index in [9.17, 15) is 13.5 Å². The summed E-state index contributed by atoms with van der Waals surface area (Å²) >= 11 is 0. The average molecular weight is 236 g/mol. The van der Waals surface area contributed by atoms with Crippen molar-refractivity contribution in [1.82, 2.24) is 0 Å². The lowest BCUT2D eigenvalue weighted by molar-refractivity contribution is 0.205. The molecule has 0 spiro atoms. The lowest BCUT2D eigenvalue weighted by Crippen LogP contribution is -2.45. The first-order chi connectivity index (χ1) is 6.93. The molecule has 2 N–H and O–H groups in total. The summed E-state index contributed by atoms with van der Waals surface area (Å²) in [6.07, 6.45) is 1.06. The highest BCUT2D eigenvalue weighted by Crippen LogP contribution is 2.44. The Morgan fingerprint density at radius 3 is 2.33 bits per heavy atom. The van der Waals surface area contributed by atoms with Crippen molar-refractivity contribution in [2.24, 2.45) is 11.8 Å². The molecule has 0 aromatic carbocycles. The number of rotatable bonds is 4. The highest BCUT2D eigenvalue weighted by Gasteiger charge is 2.52. The molecule has 1 rings (SSSR count). The van der Waals surface area contributed by atoms with Gasteiger partial charge in [-0.2, -0.15) is 0 Å². The van der Waals surface area contributed by atoms with Gasteiger partial charge in [0.25, 0.3) is 0 Å². The molecule has 4 nitrogen and oxygen atoms in total. The van der Waals surface area contributed by atoms with Crippen LogP contribution in [0.4, 0.5) is 0 Å². The van der Waals surface area contributed by atoms with Gasteiger partial charge in [0.05, 0.1) is 11.4 Å². The number of sulfone groups is 1. The lowest BCUT2D eigenvalue weighted by Gasteiger charge is -2.30. The van der Waals surface area contributed by atoms with Crippen LogP contribution in [0.3, 0.4) is 0 Å². The van der Waals surface area contributed by atoms with Crippen molar-refractivity contribution < 1.29 is 18.6 Å². The fourth-order valence-electron chi connectivity index (χ4n) is 2.67. The summed E-state index contributed by atoms with van der Waals surface area (Å²) in [6, 6.07) is 0. The first-order valence-corrected chi connectivity index (χ1v) is 7.02. The third-order valence-electron chi connectivity index (χ3n) is 3.74. The van der Waals surface area contributed by atoms with Crippen LogP contribution in [0.25, 0.3) is 0 Å². The number of hydrogen-bond acceptors (Lipinski definition) is 4. The second-order valence-electron chi connectivity index (χ2n) is 4.52. The molecule has 90 valence electrons. The predicted octanol–water partition coefficient (Wildman–Crippen LogP) is 0.191. The lowest BCUT2D eigenvalue weighted by atomic mass is 9.98. The van der Waals surface area contributed by atoms with Crippen LogP contribution in [0, 0.1) is 11.8 Å². The van der Waals surface area contributed by atoms with E-state index in [1.165, 1.54) is 0 Å². The summed E-state index contributed by atoms with van der Waals surface area (Å²) in [6.45, 7) is 3.12. The Hall–Kier alpha value is -0.130. The minimum absolute atomic E-state index is 0.00528. The molecule has 0 unspecified atom stereocenters. The molecule has 1 fully saturated rings. The van der Waals surface area contributed by atoms with Gasteiger partial charge < -0.3 is 10.2 Å². The Bertz CT molecular complexity index is 311. The molecule has 1 aliphatic carbocycles. The minimum atomic E-state index is -3.26. The molecule has 0 heterocycles. The Morgan fingerprint density at radius 2 is 2.00 bits per heavy atom. The summed E-state index contributed by atoms with van der Waals surface area (Å²) in [7, 11) is -3.26. The van der Waals surface area contributed by atoms with Gasteiger partial charge in [0.15, 0.2) is 9.84 Å². The highest BCUT2D eigenvalue weighted by molar-refractivity contribution is 7.92. The highest BCUT2D eigenvalue weighted by atomic mass is 32.2. The van der Waals surface area contributed by atoms with Gasteiger partial charge in [-0.3, -0.25) is 0 Å². The Kier molecular flexibility index (Phi) is 3.79. The third-order valence-corrected chi connectivity index (χ3v) is 6.44.